The van der Waals surface area contributed by atoms with Gasteiger partial charge in [0, 0.05) is 12.3 Å². The van der Waals surface area contributed by atoms with Gasteiger partial charge in [-0.2, -0.15) is 0 Å². The van der Waals surface area contributed by atoms with Crippen LogP contribution in [-0.4, -0.2) is 11.1 Å². The maximum absolute atomic E-state index is 10.0. The van der Waals surface area contributed by atoms with E-state index in [-0.39, 0.29) is 0 Å². The Balaban J connectivity index is 2.56. The van der Waals surface area contributed by atoms with E-state index in [2.05, 4.69) is 11.8 Å². The van der Waals surface area contributed by atoms with E-state index in [4.69, 9.17) is 5.11 Å². The third-order valence-corrected chi connectivity index (χ3v) is 1.33. The average Bonchev–Trinajstić information content (AvgIpc) is 2.05. The third-order valence-electron chi connectivity index (χ3n) is 1.33. The normalized spacial score (nSPS) is 8.33. The Hall–Kier alpha value is -1.75. The predicted molar refractivity (Wildman–Crippen MR) is 45.6 cm³/mol. The monoisotopic (exact) mass is 160 g/mol. The van der Waals surface area contributed by atoms with Crippen molar-refractivity contribution in [2.75, 3.05) is 0 Å². The summed E-state index contributed by atoms with van der Waals surface area (Å²) in [5, 5.41) is 8.22. The number of hydrogen-bond acceptors (Lipinski definition) is 1. The van der Waals surface area contributed by atoms with Gasteiger partial charge in [-0.25, -0.2) is 4.79 Å². The second-order valence-electron chi connectivity index (χ2n) is 2.27. The fourth-order valence-electron chi connectivity index (χ4n) is 0.818. The lowest BCUT2D eigenvalue weighted by atomic mass is 10.2. The first-order valence-electron chi connectivity index (χ1n) is 3.55. The van der Waals surface area contributed by atoms with Crippen molar-refractivity contribution in [1.82, 2.24) is 0 Å². The van der Waals surface area contributed by atoms with Crippen LogP contribution in [0.1, 0.15) is 5.56 Å². The van der Waals surface area contributed by atoms with Gasteiger partial charge in [-0.1, -0.05) is 36.3 Å². The van der Waals surface area contributed by atoms with Gasteiger partial charge < -0.3 is 5.11 Å². The Morgan fingerprint density at radius 3 is 2.58 bits per heavy atom. The van der Waals surface area contributed by atoms with Crippen LogP contribution in [0.5, 0.6) is 0 Å². The van der Waals surface area contributed by atoms with Crippen LogP contribution in [-0.2, 0) is 11.2 Å². The van der Waals surface area contributed by atoms with E-state index < -0.39 is 5.97 Å². The molecule has 0 atom stereocenters. The minimum absolute atomic E-state index is 0.493. The highest BCUT2D eigenvalue weighted by molar-refractivity contribution is 5.86. The molecular formula is C10H8O2. The quantitative estimate of drug-likeness (QED) is 0.629. The molecule has 0 aromatic heterocycles. The summed E-state index contributed by atoms with van der Waals surface area (Å²) < 4.78 is 0. The molecule has 1 N–H and O–H groups in total. The number of carboxylic acids is 1. The molecule has 2 nitrogen and oxygen atoms in total. The molecule has 0 heterocycles. The van der Waals surface area contributed by atoms with Gasteiger partial charge in [0.15, 0.2) is 0 Å². The van der Waals surface area contributed by atoms with Crippen molar-refractivity contribution in [2.45, 2.75) is 6.42 Å². The molecule has 0 bridgehead atoms. The number of aliphatic carboxylic acids is 1. The number of carbonyl (C=O) groups is 1. The van der Waals surface area contributed by atoms with Crippen LogP contribution in [0.2, 0.25) is 0 Å². The molecule has 0 aliphatic heterocycles. The van der Waals surface area contributed by atoms with E-state index >= 15 is 0 Å². The van der Waals surface area contributed by atoms with E-state index in [0.717, 1.165) is 5.56 Å². The lowest BCUT2D eigenvalue weighted by Crippen LogP contribution is -1.87. The summed E-state index contributed by atoms with van der Waals surface area (Å²) in [6, 6.07) is 9.54. The summed E-state index contributed by atoms with van der Waals surface area (Å²) >= 11 is 0. The summed E-state index contributed by atoms with van der Waals surface area (Å²) in [7, 11) is 0. The Kier molecular flexibility index (Phi) is 2.92. The molecular weight excluding hydrogens is 152 g/mol. The molecule has 0 saturated heterocycles. The van der Waals surface area contributed by atoms with E-state index in [1.807, 2.05) is 30.3 Å². The van der Waals surface area contributed by atoms with Crippen LogP contribution in [0, 0.1) is 11.8 Å². The van der Waals surface area contributed by atoms with Crippen LogP contribution in [0.15, 0.2) is 30.3 Å². The summed E-state index contributed by atoms with van der Waals surface area (Å²) in [6.45, 7) is 0. The SMILES string of the molecule is O=C(O)C#CCc1ccccc1. The van der Waals surface area contributed by atoms with Crippen molar-refractivity contribution in [1.29, 1.82) is 0 Å². The van der Waals surface area contributed by atoms with E-state index in [0.29, 0.717) is 6.42 Å². The van der Waals surface area contributed by atoms with E-state index in [9.17, 15) is 4.79 Å². The summed E-state index contributed by atoms with van der Waals surface area (Å²) in [5.41, 5.74) is 1.03. The summed E-state index contributed by atoms with van der Waals surface area (Å²) in [5.74, 6) is 3.53. The molecule has 60 valence electrons. The molecule has 0 fully saturated rings. The molecule has 0 amide bonds. The number of benzene rings is 1. The molecule has 0 spiro atoms. The topological polar surface area (TPSA) is 37.3 Å². The maximum Gasteiger partial charge on any atom is 0.381 e. The number of rotatable bonds is 1. The van der Waals surface area contributed by atoms with Gasteiger partial charge in [-0.3, -0.25) is 0 Å². The fraction of sp³-hybridized carbons (Fsp3) is 0.100. The van der Waals surface area contributed by atoms with Crippen molar-refractivity contribution in [3.05, 3.63) is 35.9 Å². The van der Waals surface area contributed by atoms with Gasteiger partial charge in [0.2, 0.25) is 0 Å². The summed E-state index contributed by atoms with van der Waals surface area (Å²) in [6.07, 6.45) is 0.493. The van der Waals surface area contributed by atoms with Gasteiger partial charge in [0.25, 0.3) is 0 Å². The second-order valence-corrected chi connectivity index (χ2v) is 2.27. The maximum atomic E-state index is 10.0. The van der Waals surface area contributed by atoms with Crippen molar-refractivity contribution >= 4 is 5.97 Å². The molecule has 2 heteroatoms. The van der Waals surface area contributed by atoms with Gasteiger partial charge in [-0.15, -0.1) is 0 Å². The molecule has 1 rings (SSSR count). The highest BCUT2D eigenvalue weighted by Gasteiger charge is 1.86. The van der Waals surface area contributed by atoms with Crippen molar-refractivity contribution in [2.24, 2.45) is 0 Å². The van der Waals surface area contributed by atoms with Crippen LogP contribution in [0.25, 0.3) is 0 Å². The van der Waals surface area contributed by atoms with E-state index in [1.54, 1.807) is 0 Å². The molecule has 1 aromatic rings. The first-order valence-corrected chi connectivity index (χ1v) is 3.55. The highest BCUT2D eigenvalue weighted by atomic mass is 16.4. The Morgan fingerprint density at radius 2 is 2.00 bits per heavy atom. The molecule has 0 aliphatic rings. The van der Waals surface area contributed by atoms with Gasteiger partial charge >= 0.3 is 5.97 Å². The summed E-state index contributed by atoms with van der Waals surface area (Å²) in [4.78, 5) is 10.0. The van der Waals surface area contributed by atoms with Crippen LogP contribution in [0.3, 0.4) is 0 Å². The van der Waals surface area contributed by atoms with E-state index in [1.165, 1.54) is 0 Å². The largest absolute Gasteiger partial charge is 0.472 e. The Morgan fingerprint density at radius 1 is 1.33 bits per heavy atom. The first-order chi connectivity index (χ1) is 5.79. The average molecular weight is 160 g/mol. The third kappa shape index (κ3) is 2.89. The Labute approximate surface area is 70.8 Å². The zero-order valence-electron chi connectivity index (χ0n) is 6.45. The van der Waals surface area contributed by atoms with Crippen molar-refractivity contribution < 1.29 is 9.90 Å². The molecule has 1 aromatic carbocycles. The molecule has 0 radical (unpaired) electrons. The number of hydrogen-bond donors (Lipinski definition) is 1. The zero-order chi connectivity index (χ0) is 8.81. The lowest BCUT2D eigenvalue weighted by Gasteiger charge is -1.90. The predicted octanol–water partition coefficient (Wildman–Crippen LogP) is 1.32. The van der Waals surface area contributed by atoms with Crippen LogP contribution in [0.4, 0.5) is 0 Å². The standard InChI is InChI=1S/C10H8O2/c11-10(12)8-4-7-9-5-2-1-3-6-9/h1-3,5-6H,7H2,(H,11,12). The smallest absolute Gasteiger partial charge is 0.381 e. The zero-order valence-corrected chi connectivity index (χ0v) is 6.45. The molecule has 0 saturated carbocycles. The van der Waals surface area contributed by atoms with Gasteiger partial charge in [0.05, 0.1) is 0 Å². The lowest BCUT2D eigenvalue weighted by molar-refractivity contribution is -0.130. The second kappa shape index (κ2) is 4.20. The minimum Gasteiger partial charge on any atom is -0.472 e. The van der Waals surface area contributed by atoms with Crippen molar-refractivity contribution in [3.63, 3.8) is 0 Å². The van der Waals surface area contributed by atoms with Crippen LogP contribution >= 0.6 is 0 Å². The van der Waals surface area contributed by atoms with Gasteiger partial charge in [-0.05, 0) is 5.56 Å². The molecule has 12 heavy (non-hydrogen) atoms. The Bertz CT molecular complexity index is 317. The van der Waals surface area contributed by atoms with Gasteiger partial charge in [0.1, 0.15) is 0 Å². The minimum atomic E-state index is -1.08. The van der Waals surface area contributed by atoms with Crippen LogP contribution < -0.4 is 0 Å². The molecule has 0 unspecified atom stereocenters. The highest BCUT2D eigenvalue weighted by Crippen LogP contribution is 1.97. The fourth-order valence-corrected chi connectivity index (χ4v) is 0.818. The van der Waals surface area contributed by atoms with Crippen molar-refractivity contribution in [3.8, 4) is 11.8 Å². The first kappa shape index (κ1) is 8.35. The number of carboxylic acid groups (broad SMARTS) is 1. The molecule has 0 aliphatic carbocycles.